The van der Waals surface area contributed by atoms with Crippen LogP contribution in [0.2, 0.25) is 0 Å². The third-order valence-corrected chi connectivity index (χ3v) is 5.52. The van der Waals surface area contributed by atoms with Gasteiger partial charge in [0.2, 0.25) is 0 Å². The number of amides is 2. The fourth-order valence-corrected chi connectivity index (χ4v) is 3.96. The van der Waals surface area contributed by atoms with Crippen LogP contribution in [0, 0.1) is 13.8 Å². The lowest BCUT2D eigenvalue weighted by atomic mass is 9.93. The maximum Gasteiger partial charge on any atom is 0.292 e. The van der Waals surface area contributed by atoms with Crippen LogP contribution < -0.4 is 10.7 Å². The molecule has 0 radical (unpaired) electrons. The SMILES string of the molecule is Cc1cc(NC(=O)c2oc3c(c2C)/C(=N/NC(=O)c2ccc4ccccc4n2)CCC3)no1. The molecule has 9 heteroatoms. The number of aryl methyl sites for hydroxylation is 2. The number of hydrogen-bond donors (Lipinski definition) is 2. The van der Waals surface area contributed by atoms with E-state index >= 15 is 0 Å². The molecule has 1 aliphatic rings. The first-order valence-electron chi connectivity index (χ1n) is 10.6. The zero-order chi connectivity index (χ0) is 22.9. The summed E-state index contributed by atoms with van der Waals surface area (Å²) in [4.78, 5) is 29.8. The Kier molecular flexibility index (Phi) is 5.21. The summed E-state index contributed by atoms with van der Waals surface area (Å²) in [7, 11) is 0. The zero-order valence-electron chi connectivity index (χ0n) is 18.1. The smallest absolute Gasteiger partial charge is 0.292 e. The summed E-state index contributed by atoms with van der Waals surface area (Å²) in [6.45, 7) is 3.54. The molecular weight excluding hydrogens is 422 g/mol. The molecule has 0 atom stereocenters. The number of hydrogen-bond acceptors (Lipinski definition) is 7. The van der Waals surface area contributed by atoms with Crippen molar-refractivity contribution < 1.29 is 18.5 Å². The van der Waals surface area contributed by atoms with E-state index in [4.69, 9.17) is 8.94 Å². The standard InChI is InChI=1S/C24H21N5O4/c1-13-12-20(29-33-13)26-24(31)22-14(2)21-17(8-5-9-19(21)32-22)27-28-23(30)18-11-10-15-6-3-4-7-16(15)25-18/h3-4,6-7,10-12H,5,8-9H2,1-2H3,(H,28,30)(H,26,29,31)/b27-17+. The largest absolute Gasteiger partial charge is 0.455 e. The summed E-state index contributed by atoms with van der Waals surface area (Å²) in [5.41, 5.74) is 5.71. The Hall–Kier alpha value is -4.27. The molecule has 0 saturated carbocycles. The number of carbonyl (C=O) groups is 2. The molecule has 2 amide bonds. The highest BCUT2D eigenvalue weighted by Gasteiger charge is 2.28. The van der Waals surface area contributed by atoms with Crippen LogP contribution in [0.25, 0.3) is 10.9 Å². The molecule has 1 aliphatic carbocycles. The van der Waals surface area contributed by atoms with Gasteiger partial charge in [-0.15, -0.1) is 0 Å². The minimum absolute atomic E-state index is 0.192. The summed E-state index contributed by atoms with van der Waals surface area (Å²) in [6.07, 6.45) is 2.14. The van der Waals surface area contributed by atoms with Gasteiger partial charge in [0, 0.05) is 29.0 Å². The molecule has 0 aliphatic heterocycles. The van der Waals surface area contributed by atoms with E-state index in [9.17, 15) is 9.59 Å². The number of para-hydroxylation sites is 1. The molecule has 9 nitrogen and oxygen atoms in total. The van der Waals surface area contributed by atoms with Gasteiger partial charge in [0.1, 0.15) is 17.2 Å². The van der Waals surface area contributed by atoms with Gasteiger partial charge in [0.05, 0.1) is 11.2 Å². The molecule has 0 fully saturated rings. The van der Waals surface area contributed by atoms with Crippen LogP contribution in [0.15, 0.2) is 56.5 Å². The van der Waals surface area contributed by atoms with Crippen LogP contribution in [0.3, 0.4) is 0 Å². The first-order valence-corrected chi connectivity index (χ1v) is 10.6. The van der Waals surface area contributed by atoms with Crippen molar-refractivity contribution in [2.75, 3.05) is 5.32 Å². The van der Waals surface area contributed by atoms with Gasteiger partial charge < -0.3 is 14.3 Å². The van der Waals surface area contributed by atoms with Crippen molar-refractivity contribution in [3.05, 3.63) is 76.6 Å². The average molecular weight is 443 g/mol. The number of nitrogens with zero attached hydrogens (tertiary/aromatic N) is 3. The third-order valence-electron chi connectivity index (χ3n) is 5.52. The van der Waals surface area contributed by atoms with Crippen LogP contribution in [0.1, 0.15) is 56.5 Å². The van der Waals surface area contributed by atoms with E-state index < -0.39 is 11.8 Å². The highest BCUT2D eigenvalue weighted by Crippen LogP contribution is 2.30. The van der Waals surface area contributed by atoms with E-state index in [0.717, 1.165) is 22.9 Å². The fraction of sp³-hybridized carbons (Fsp3) is 0.208. The zero-order valence-corrected chi connectivity index (χ0v) is 18.1. The number of rotatable bonds is 4. The van der Waals surface area contributed by atoms with Crippen LogP contribution in [0.4, 0.5) is 5.82 Å². The van der Waals surface area contributed by atoms with Gasteiger partial charge >= 0.3 is 0 Å². The van der Waals surface area contributed by atoms with Gasteiger partial charge in [-0.05, 0) is 38.8 Å². The van der Waals surface area contributed by atoms with Crippen molar-refractivity contribution in [3.8, 4) is 0 Å². The molecule has 0 bridgehead atoms. The molecule has 166 valence electrons. The normalized spacial score (nSPS) is 14.3. The molecule has 0 spiro atoms. The Morgan fingerprint density at radius 1 is 1.06 bits per heavy atom. The number of pyridine rings is 1. The second kappa shape index (κ2) is 8.34. The Balaban J connectivity index is 1.38. The van der Waals surface area contributed by atoms with Crippen molar-refractivity contribution in [3.63, 3.8) is 0 Å². The van der Waals surface area contributed by atoms with E-state index in [1.165, 1.54) is 0 Å². The highest BCUT2D eigenvalue weighted by molar-refractivity contribution is 6.09. The van der Waals surface area contributed by atoms with Crippen molar-refractivity contribution in [1.29, 1.82) is 0 Å². The van der Waals surface area contributed by atoms with Gasteiger partial charge in [0.15, 0.2) is 11.6 Å². The highest BCUT2D eigenvalue weighted by atomic mass is 16.5. The van der Waals surface area contributed by atoms with Crippen molar-refractivity contribution in [1.82, 2.24) is 15.6 Å². The number of fused-ring (bicyclic) bond motifs is 2. The molecule has 33 heavy (non-hydrogen) atoms. The quantitative estimate of drug-likeness (QED) is 0.457. The summed E-state index contributed by atoms with van der Waals surface area (Å²) in [5, 5.41) is 11.8. The monoisotopic (exact) mass is 443 g/mol. The van der Waals surface area contributed by atoms with E-state index in [2.05, 4.69) is 26.0 Å². The molecule has 4 aromatic rings. The second-order valence-electron chi connectivity index (χ2n) is 7.87. The van der Waals surface area contributed by atoms with Crippen LogP contribution in [0.5, 0.6) is 0 Å². The van der Waals surface area contributed by atoms with Gasteiger partial charge in [-0.2, -0.15) is 5.10 Å². The van der Waals surface area contributed by atoms with E-state index in [-0.39, 0.29) is 11.5 Å². The summed E-state index contributed by atoms with van der Waals surface area (Å²) >= 11 is 0. The first-order chi connectivity index (χ1) is 16.0. The average Bonchev–Trinajstić information content (AvgIpc) is 3.39. The fourth-order valence-electron chi connectivity index (χ4n) is 3.96. The van der Waals surface area contributed by atoms with E-state index in [1.807, 2.05) is 30.3 Å². The number of hydrazone groups is 1. The molecule has 2 N–H and O–H groups in total. The Bertz CT molecular complexity index is 1420. The third kappa shape index (κ3) is 4.00. The summed E-state index contributed by atoms with van der Waals surface area (Å²) in [5.74, 6) is 0.955. The summed E-state index contributed by atoms with van der Waals surface area (Å²) in [6, 6.07) is 12.7. The van der Waals surface area contributed by atoms with Crippen molar-refractivity contribution in [2.45, 2.75) is 33.1 Å². The minimum atomic E-state index is -0.418. The second-order valence-corrected chi connectivity index (χ2v) is 7.87. The number of aromatic nitrogens is 2. The van der Waals surface area contributed by atoms with Gasteiger partial charge in [-0.3, -0.25) is 9.59 Å². The predicted molar refractivity (Wildman–Crippen MR) is 121 cm³/mol. The number of furan rings is 1. The van der Waals surface area contributed by atoms with E-state index in [0.29, 0.717) is 41.5 Å². The van der Waals surface area contributed by atoms with Crippen LogP contribution in [-0.4, -0.2) is 27.7 Å². The number of nitrogens with one attached hydrogen (secondary N) is 2. The lowest BCUT2D eigenvalue weighted by Gasteiger charge is -2.13. The van der Waals surface area contributed by atoms with Gasteiger partial charge in [0.25, 0.3) is 11.8 Å². The number of anilines is 1. The van der Waals surface area contributed by atoms with Crippen molar-refractivity contribution >= 4 is 34.2 Å². The Morgan fingerprint density at radius 3 is 2.73 bits per heavy atom. The molecular formula is C24H21N5O4. The maximum atomic E-state index is 12.7. The molecule has 3 aromatic heterocycles. The molecule has 0 saturated heterocycles. The van der Waals surface area contributed by atoms with Gasteiger partial charge in [-0.25, -0.2) is 10.4 Å². The minimum Gasteiger partial charge on any atom is -0.455 e. The Morgan fingerprint density at radius 2 is 1.91 bits per heavy atom. The molecule has 1 aromatic carbocycles. The number of carbonyl (C=O) groups excluding carboxylic acids is 2. The number of benzene rings is 1. The maximum absolute atomic E-state index is 12.7. The molecule has 0 unspecified atom stereocenters. The summed E-state index contributed by atoms with van der Waals surface area (Å²) < 4.78 is 10.9. The Labute approximate surface area is 188 Å². The predicted octanol–water partition coefficient (Wildman–Crippen LogP) is 4.16. The van der Waals surface area contributed by atoms with Gasteiger partial charge in [-0.1, -0.05) is 29.4 Å². The molecule has 5 rings (SSSR count). The molecule has 3 heterocycles. The van der Waals surface area contributed by atoms with Crippen LogP contribution >= 0.6 is 0 Å². The lowest BCUT2D eigenvalue weighted by Crippen LogP contribution is -2.23. The lowest BCUT2D eigenvalue weighted by molar-refractivity contribution is 0.0949. The topological polar surface area (TPSA) is 123 Å². The first kappa shape index (κ1) is 20.6. The van der Waals surface area contributed by atoms with E-state index in [1.54, 1.807) is 26.0 Å². The van der Waals surface area contributed by atoms with Crippen molar-refractivity contribution in [2.24, 2.45) is 5.10 Å². The van der Waals surface area contributed by atoms with Crippen LogP contribution in [-0.2, 0) is 6.42 Å².